The van der Waals surface area contributed by atoms with E-state index in [9.17, 15) is 14.2 Å². The molecule has 2 saturated heterocycles. The van der Waals surface area contributed by atoms with Crippen LogP contribution in [0.5, 0.6) is 11.5 Å². The topological polar surface area (TPSA) is 247 Å². The summed E-state index contributed by atoms with van der Waals surface area (Å²) in [7, 11) is -0.767. The van der Waals surface area contributed by atoms with Crippen molar-refractivity contribution in [1.29, 1.82) is 0 Å². The zero-order valence-corrected chi connectivity index (χ0v) is 39.9. The molecule has 4 aromatic heterocycles. The molecule has 0 aliphatic carbocycles. The number of hydrogen-bond acceptors (Lipinski definition) is 19. The molecule has 2 fully saturated rings. The largest absolute Gasteiger partial charge is 0.495 e. The Morgan fingerprint density at radius 3 is 1.51 bits per heavy atom. The van der Waals surface area contributed by atoms with E-state index in [1.807, 2.05) is 12.1 Å². The van der Waals surface area contributed by atoms with Gasteiger partial charge in [-0.25, -0.2) is 39.9 Å². The lowest BCUT2D eigenvalue weighted by Gasteiger charge is -2.31. The number of nitrogens with one attached hydrogen (secondary N) is 2. The summed E-state index contributed by atoms with van der Waals surface area (Å²) in [5.74, 6) is 1.11. The first-order valence-electron chi connectivity index (χ1n) is 21.5. The third-order valence-electron chi connectivity index (χ3n) is 10.7. The summed E-state index contributed by atoms with van der Waals surface area (Å²) in [4.78, 5) is 73.6. The lowest BCUT2D eigenvalue weighted by molar-refractivity contribution is 0.0995. The summed E-state index contributed by atoms with van der Waals surface area (Å²) in [6.07, 6.45) is 12.2. The van der Waals surface area contributed by atoms with Gasteiger partial charge in [-0.05, 0) is 73.2 Å². The average Bonchev–Trinajstić information content (AvgIpc) is 4.03. The van der Waals surface area contributed by atoms with E-state index in [1.165, 1.54) is 45.7 Å². The minimum absolute atomic E-state index is 0.0886. The van der Waals surface area contributed by atoms with Crippen molar-refractivity contribution in [3.8, 4) is 11.5 Å². The minimum atomic E-state index is -3.83. The molecule has 2 atom stereocenters. The highest BCUT2D eigenvalue weighted by atomic mass is 35.5. The van der Waals surface area contributed by atoms with Gasteiger partial charge in [0.25, 0.3) is 11.8 Å². The number of carbonyl (C=O) groups excluding carboxylic acids is 2. The van der Waals surface area contributed by atoms with Gasteiger partial charge in [0.2, 0.25) is 11.9 Å². The molecule has 2 aliphatic heterocycles. The second kappa shape index (κ2) is 22.4. The molecule has 0 bridgehead atoms. The third-order valence-corrected chi connectivity index (χ3v) is 12.5. The van der Waals surface area contributed by atoms with Crippen molar-refractivity contribution in [2.75, 3.05) is 54.4 Å². The van der Waals surface area contributed by atoms with Crippen molar-refractivity contribution in [3.63, 3.8) is 0 Å². The summed E-state index contributed by atoms with van der Waals surface area (Å²) in [6.45, 7) is 2.80. The SMILES string of the molecule is COc1ccc(CNc2nc(N3CCC[C@@H]3OP(C)(=O)O[C@H]3CCCN3c3ncc(C(=O)N=Cc4ncccn4)c(NCc4ccc(OC)c(Cl)c4)n3)ncc2C(=O)N=Cc2ncccn2)cc1Cl. The number of rotatable bonds is 18. The molecule has 8 rings (SSSR count). The molecule has 2 N–H and O–H groups in total. The van der Waals surface area contributed by atoms with E-state index in [4.69, 9.17) is 51.7 Å². The molecule has 69 heavy (non-hydrogen) atoms. The van der Waals surface area contributed by atoms with Crippen molar-refractivity contribution in [1.82, 2.24) is 39.9 Å². The Bertz CT molecular complexity index is 2720. The van der Waals surface area contributed by atoms with E-state index in [2.05, 4.69) is 50.5 Å². The first kappa shape index (κ1) is 48.4. The second-order valence-electron chi connectivity index (χ2n) is 15.4. The van der Waals surface area contributed by atoms with E-state index in [0.717, 1.165) is 11.1 Å². The van der Waals surface area contributed by atoms with Gasteiger partial charge in [0.15, 0.2) is 11.6 Å². The van der Waals surface area contributed by atoms with Crippen molar-refractivity contribution in [3.05, 3.63) is 130 Å². The number of benzene rings is 2. The van der Waals surface area contributed by atoms with Gasteiger partial charge in [-0.3, -0.25) is 23.2 Å². The van der Waals surface area contributed by atoms with E-state index in [0.29, 0.717) is 60.3 Å². The molecular formula is C45H45Cl2N14O7P. The first-order chi connectivity index (χ1) is 33.5. The van der Waals surface area contributed by atoms with Crippen LogP contribution in [0.15, 0.2) is 95.7 Å². The van der Waals surface area contributed by atoms with E-state index >= 15 is 0 Å². The maximum atomic E-state index is 14.4. The molecule has 24 heteroatoms. The van der Waals surface area contributed by atoms with Crippen molar-refractivity contribution in [2.45, 2.75) is 51.2 Å². The maximum Gasteiger partial charge on any atom is 0.331 e. The summed E-state index contributed by atoms with van der Waals surface area (Å²) >= 11 is 12.8. The first-order valence-corrected chi connectivity index (χ1v) is 24.3. The zero-order chi connectivity index (χ0) is 48.3. The number of anilines is 4. The Morgan fingerprint density at radius 1 is 0.696 bits per heavy atom. The number of nitrogens with zero attached hydrogens (tertiary/aromatic N) is 12. The summed E-state index contributed by atoms with van der Waals surface area (Å²) in [6, 6.07) is 13.9. The van der Waals surface area contributed by atoms with Gasteiger partial charge in [-0.2, -0.15) is 9.97 Å². The van der Waals surface area contributed by atoms with Crippen LogP contribution in [-0.2, 0) is 26.7 Å². The molecular weight excluding hydrogens is 950 g/mol. The van der Waals surface area contributed by atoms with Gasteiger partial charge < -0.3 is 29.9 Å². The molecule has 2 aliphatic rings. The average molecular weight is 996 g/mol. The smallest absolute Gasteiger partial charge is 0.331 e. The predicted octanol–water partition coefficient (Wildman–Crippen LogP) is 7.32. The van der Waals surface area contributed by atoms with Gasteiger partial charge in [0, 0.05) is 70.0 Å². The molecule has 6 aromatic rings. The molecule has 2 amide bonds. The van der Waals surface area contributed by atoms with Crippen LogP contribution in [0.4, 0.5) is 23.5 Å². The predicted molar refractivity (Wildman–Crippen MR) is 259 cm³/mol. The highest BCUT2D eigenvalue weighted by Crippen LogP contribution is 2.50. The minimum Gasteiger partial charge on any atom is -0.495 e. The van der Waals surface area contributed by atoms with Crippen LogP contribution < -0.4 is 29.9 Å². The molecule has 356 valence electrons. The van der Waals surface area contributed by atoms with E-state index < -0.39 is 31.9 Å². The number of aliphatic imine (C=N–C) groups is 2. The lowest BCUT2D eigenvalue weighted by atomic mass is 10.2. The molecule has 0 radical (unpaired) electrons. The van der Waals surface area contributed by atoms with Crippen LogP contribution in [0, 0.1) is 0 Å². The van der Waals surface area contributed by atoms with Crippen molar-refractivity contribution in [2.24, 2.45) is 9.98 Å². The number of hydrogen-bond donors (Lipinski definition) is 2. The van der Waals surface area contributed by atoms with E-state index in [1.54, 1.807) is 71.0 Å². The number of aromatic nitrogens is 8. The normalized spacial score (nSPS) is 16.8. The highest BCUT2D eigenvalue weighted by Gasteiger charge is 2.38. The Morgan fingerprint density at radius 2 is 1.12 bits per heavy atom. The number of carbonyl (C=O) groups is 2. The monoisotopic (exact) mass is 994 g/mol. The summed E-state index contributed by atoms with van der Waals surface area (Å²) in [5.41, 5.74) is 1.76. The summed E-state index contributed by atoms with van der Waals surface area (Å²) in [5, 5.41) is 7.30. The summed E-state index contributed by atoms with van der Waals surface area (Å²) < 4.78 is 37.5. The Kier molecular flexibility index (Phi) is 15.7. The molecule has 2 aromatic carbocycles. The van der Waals surface area contributed by atoms with Gasteiger partial charge in [-0.1, -0.05) is 35.3 Å². The second-order valence-corrected chi connectivity index (χ2v) is 18.2. The molecule has 0 saturated carbocycles. The molecule has 0 unspecified atom stereocenters. The number of ether oxygens (including phenoxy) is 2. The van der Waals surface area contributed by atoms with Crippen molar-refractivity contribution >= 4 is 78.6 Å². The quantitative estimate of drug-likeness (QED) is 0.0632. The molecule has 21 nitrogen and oxygen atoms in total. The number of halogens is 2. The van der Waals surface area contributed by atoms with Gasteiger partial charge in [-0.15, -0.1) is 0 Å². The van der Waals surface area contributed by atoms with Crippen LogP contribution >= 0.6 is 30.8 Å². The third kappa shape index (κ3) is 12.4. The van der Waals surface area contributed by atoms with Crippen LogP contribution in [-0.4, -0.2) is 111 Å². The lowest BCUT2D eigenvalue weighted by Crippen LogP contribution is -2.35. The van der Waals surface area contributed by atoms with Gasteiger partial charge in [0.05, 0.1) is 36.7 Å². The number of amides is 2. The molecule has 6 heterocycles. The zero-order valence-electron chi connectivity index (χ0n) is 37.5. The van der Waals surface area contributed by atoms with E-state index in [-0.39, 0.29) is 59.4 Å². The van der Waals surface area contributed by atoms with Crippen LogP contribution in [0.25, 0.3) is 0 Å². The molecule has 0 spiro atoms. The number of methoxy groups -OCH3 is 2. The van der Waals surface area contributed by atoms with Gasteiger partial charge >= 0.3 is 7.60 Å². The van der Waals surface area contributed by atoms with Gasteiger partial charge in [0.1, 0.15) is 46.7 Å². The van der Waals surface area contributed by atoms with Crippen LogP contribution in [0.3, 0.4) is 0 Å². The fourth-order valence-corrected chi connectivity index (χ4v) is 9.29. The Labute approximate surface area is 406 Å². The fourth-order valence-electron chi connectivity index (χ4n) is 7.36. The standard InChI is InChI=1S/C45H45Cl2N14O7P/c1-65-34-12-10-28(20-32(34)46)22-52-40-30(42(62)54-26-36-48-14-6-15-49-36)24-56-44(58-40)60-18-4-8-38(60)67-69(3,64)68-39-9-5-19-61(39)45-57-25-31(43(63)55-27-37-50-16-7-17-51-37)41(59-45)53-23-29-11-13-35(66-2)33(47)21-29/h6-7,10-17,20-21,24-27,38-39H,4-5,8-9,18-19,22-23H2,1-3H3,(H,52,56,58)(H,53,57,59)/t38-,39-,69?/m0/s1. The van der Waals surface area contributed by atoms with Crippen LogP contribution in [0.2, 0.25) is 10.0 Å². The van der Waals surface area contributed by atoms with Crippen molar-refractivity contribution < 1.29 is 32.7 Å². The highest BCUT2D eigenvalue weighted by molar-refractivity contribution is 7.53. The van der Waals surface area contributed by atoms with Crippen LogP contribution in [0.1, 0.15) is 69.2 Å². The Hall–Kier alpha value is -7.03. The maximum absolute atomic E-state index is 14.4. The fraction of sp³-hybridized carbons (Fsp3) is 0.289. The Balaban J connectivity index is 0.996.